The molecule has 1 aromatic carbocycles. The molecule has 0 aromatic heterocycles. The van der Waals surface area contributed by atoms with Gasteiger partial charge in [0.25, 0.3) is 0 Å². The number of nitriles is 1. The zero-order valence-electron chi connectivity index (χ0n) is 10.4. The van der Waals surface area contributed by atoms with E-state index < -0.39 is 0 Å². The fraction of sp³-hybridized carbons (Fsp3) is 0.462. The Morgan fingerprint density at radius 3 is 2.82 bits per heavy atom. The van der Waals surface area contributed by atoms with Crippen LogP contribution >= 0.6 is 0 Å². The van der Waals surface area contributed by atoms with Crippen molar-refractivity contribution in [2.24, 2.45) is 0 Å². The second-order valence-corrected chi connectivity index (χ2v) is 4.14. The number of methoxy groups -OCH3 is 1. The van der Waals surface area contributed by atoms with Crippen molar-refractivity contribution in [1.29, 1.82) is 5.26 Å². The van der Waals surface area contributed by atoms with E-state index in [9.17, 15) is 4.39 Å². The number of likely N-dealkylation sites (N-methyl/N-ethyl adjacent to an activating group) is 1. The van der Waals surface area contributed by atoms with Crippen molar-refractivity contribution in [3.63, 3.8) is 0 Å². The molecular weight excluding hydrogens is 219 g/mol. The molecule has 17 heavy (non-hydrogen) atoms. The molecule has 0 saturated heterocycles. The van der Waals surface area contributed by atoms with Gasteiger partial charge in [-0.2, -0.15) is 5.26 Å². The Hall–Kier alpha value is -1.44. The van der Waals surface area contributed by atoms with Crippen molar-refractivity contribution < 1.29 is 9.13 Å². The number of ether oxygens (including phenoxy) is 1. The van der Waals surface area contributed by atoms with Crippen molar-refractivity contribution in [3.8, 4) is 6.07 Å². The van der Waals surface area contributed by atoms with E-state index in [0.717, 1.165) is 0 Å². The van der Waals surface area contributed by atoms with Crippen LogP contribution in [0.1, 0.15) is 18.1 Å². The Morgan fingerprint density at radius 2 is 2.24 bits per heavy atom. The minimum Gasteiger partial charge on any atom is -0.383 e. The lowest BCUT2D eigenvalue weighted by molar-refractivity contribution is 0.111. The van der Waals surface area contributed by atoms with Crippen molar-refractivity contribution >= 4 is 0 Å². The first-order valence-corrected chi connectivity index (χ1v) is 5.46. The molecule has 0 N–H and O–H groups in total. The van der Waals surface area contributed by atoms with Gasteiger partial charge in [-0.1, -0.05) is 0 Å². The number of nitrogens with zero attached hydrogens (tertiary/aromatic N) is 2. The molecule has 0 bridgehead atoms. The molecule has 1 rings (SSSR count). The van der Waals surface area contributed by atoms with Crippen molar-refractivity contribution in [2.75, 3.05) is 20.8 Å². The lowest BCUT2D eigenvalue weighted by atomic mass is 10.1. The zero-order valence-corrected chi connectivity index (χ0v) is 10.4. The maximum atomic E-state index is 13.5. The monoisotopic (exact) mass is 236 g/mol. The van der Waals surface area contributed by atoms with E-state index in [1.807, 2.05) is 24.9 Å². The van der Waals surface area contributed by atoms with Gasteiger partial charge in [-0.05, 0) is 32.2 Å². The van der Waals surface area contributed by atoms with Crippen LogP contribution in [0.2, 0.25) is 0 Å². The molecule has 1 atom stereocenters. The highest BCUT2D eigenvalue weighted by Crippen LogP contribution is 2.13. The number of halogens is 1. The Labute approximate surface area is 101 Å². The normalized spacial score (nSPS) is 12.5. The smallest absolute Gasteiger partial charge is 0.127 e. The fourth-order valence-corrected chi connectivity index (χ4v) is 1.56. The topological polar surface area (TPSA) is 36.3 Å². The van der Waals surface area contributed by atoms with Gasteiger partial charge in [-0.3, -0.25) is 4.90 Å². The molecule has 0 aliphatic heterocycles. The second kappa shape index (κ2) is 6.33. The number of hydrogen-bond acceptors (Lipinski definition) is 3. The fourth-order valence-electron chi connectivity index (χ4n) is 1.56. The van der Waals surface area contributed by atoms with E-state index in [1.54, 1.807) is 13.2 Å². The Balaban J connectivity index is 2.77. The van der Waals surface area contributed by atoms with Gasteiger partial charge in [0.05, 0.1) is 18.2 Å². The summed E-state index contributed by atoms with van der Waals surface area (Å²) < 4.78 is 18.6. The predicted molar refractivity (Wildman–Crippen MR) is 63.9 cm³/mol. The van der Waals surface area contributed by atoms with Crippen LogP contribution < -0.4 is 0 Å². The molecule has 4 heteroatoms. The van der Waals surface area contributed by atoms with E-state index in [1.165, 1.54) is 12.1 Å². The Kier molecular flexibility index (Phi) is 5.08. The highest BCUT2D eigenvalue weighted by Gasteiger charge is 2.12. The van der Waals surface area contributed by atoms with E-state index in [4.69, 9.17) is 10.00 Å². The van der Waals surface area contributed by atoms with Gasteiger partial charge in [-0.15, -0.1) is 0 Å². The number of rotatable bonds is 5. The Morgan fingerprint density at radius 1 is 1.53 bits per heavy atom. The largest absolute Gasteiger partial charge is 0.383 e. The summed E-state index contributed by atoms with van der Waals surface area (Å²) in [7, 11) is 3.55. The maximum Gasteiger partial charge on any atom is 0.127 e. The molecule has 1 unspecified atom stereocenters. The first-order chi connectivity index (χ1) is 8.08. The average Bonchev–Trinajstić information content (AvgIpc) is 2.32. The number of benzene rings is 1. The molecule has 0 radical (unpaired) electrons. The van der Waals surface area contributed by atoms with E-state index in [2.05, 4.69) is 0 Å². The van der Waals surface area contributed by atoms with Crippen molar-refractivity contribution in [1.82, 2.24) is 4.90 Å². The quantitative estimate of drug-likeness (QED) is 0.786. The maximum absolute atomic E-state index is 13.5. The summed E-state index contributed by atoms with van der Waals surface area (Å²) in [5.74, 6) is -0.277. The van der Waals surface area contributed by atoms with Gasteiger partial charge in [0.2, 0.25) is 0 Å². The number of hydrogen-bond donors (Lipinski definition) is 0. The summed E-state index contributed by atoms with van der Waals surface area (Å²) in [5, 5.41) is 8.77. The van der Waals surface area contributed by atoms with E-state index in [0.29, 0.717) is 24.3 Å². The van der Waals surface area contributed by atoms with Crippen LogP contribution in [0, 0.1) is 17.1 Å². The summed E-state index contributed by atoms with van der Waals surface area (Å²) in [6.45, 7) is 3.07. The van der Waals surface area contributed by atoms with Crippen molar-refractivity contribution in [2.45, 2.75) is 19.5 Å². The van der Waals surface area contributed by atoms with E-state index >= 15 is 0 Å². The summed E-state index contributed by atoms with van der Waals surface area (Å²) in [5.41, 5.74) is 1.02. The third kappa shape index (κ3) is 3.81. The molecule has 0 amide bonds. The minimum atomic E-state index is -0.277. The van der Waals surface area contributed by atoms with E-state index in [-0.39, 0.29) is 11.9 Å². The Bertz CT molecular complexity index is 414. The van der Waals surface area contributed by atoms with Gasteiger partial charge in [0.1, 0.15) is 5.82 Å². The molecule has 1 aromatic rings. The van der Waals surface area contributed by atoms with Crippen LogP contribution in [-0.4, -0.2) is 31.7 Å². The summed E-state index contributed by atoms with van der Waals surface area (Å²) in [6.07, 6.45) is 0. The molecule has 92 valence electrons. The molecule has 0 heterocycles. The molecule has 0 aliphatic carbocycles. The van der Waals surface area contributed by atoms with Gasteiger partial charge in [-0.25, -0.2) is 4.39 Å². The van der Waals surface area contributed by atoms with Gasteiger partial charge < -0.3 is 4.74 Å². The molecule has 3 nitrogen and oxygen atoms in total. The summed E-state index contributed by atoms with van der Waals surface area (Å²) in [6, 6.07) is 6.62. The first-order valence-electron chi connectivity index (χ1n) is 5.46. The molecule has 0 fully saturated rings. The molecule has 0 aliphatic rings. The molecular formula is C13H17FN2O. The summed E-state index contributed by atoms with van der Waals surface area (Å²) in [4.78, 5) is 1.99. The minimum absolute atomic E-state index is 0.199. The van der Waals surface area contributed by atoms with Crippen LogP contribution in [0.5, 0.6) is 0 Å². The first kappa shape index (κ1) is 13.6. The highest BCUT2D eigenvalue weighted by molar-refractivity contribution is 5.33. The van der Waals surface area contributed by atoms with Gasteiger partial charge in [0, 0.05) is 25.3 Å². The van der Waals surface area contributed by atoms with Crippen LogP contribution in [0.3, 0.4) is 0 Å². The zero-order chi connectivity index (χ0) is 12.8. The van der Waals surface area contributed by atoms with Crippen LogP contribution in [0.15, 0.2) is 18.2 Å². The molecule has 0 saturated carbocycles. The second-order valence-electron chi connectivity index (χ2n) is 4.14. The standard InChI is InChI=1S/C13H17FN2O/c1-10(9-17-3)16(2)8-12-6-11(7-15)4-5-13(12)14/h4-6,10H,8-9H2,1-3H3. The van der Waals surface area contributed by atoms with Gasteiger partial charge in [0.15, 0.2) is 0 Å². The third-order valence-corrected chi connectivity index (χ3v) is 2.75. The van der Waals surface area contributed by atoms with Crippen LogP contribution in [-0.2, 0) is 11.3 Å². The van der Waals surface area contributed by atoms with Crippen molar-refractivity contribution in [3.05, 3.63) is 35.1 Å². The summed E-state index contributed by atoms with van der Waals surface area (Å²) >= 11 is 0. The lowest BCUT2D eigenvalue weighted by Crippen LogP contribution is -2.32. The van der Waals surface area contributed by atoms with Gasteiger partial charge >= 0.3 is 0 Å². The van der Waals surface area contributed by atoms with Crippen LogP contribution in [0.25, 0.3) is 0 Å². The predicted octanol–water partition coefficient (Wildman–Crippen LogP) is 2.16. The molecule has 0 spiro atoms. The van der Waals surface area contributed by atoms with Crippen LogP contribution in [0.4, 0.5) is 4.39 Å². The third-order valence-electron chi connectivity index (χ3n) is 2.75. The average molecular weight is 236 g/mol. The highest BCUT2D eigenvalue weighted by atomic mass is 19.1. The lowest BCUT2D eigenvalue weighted by Gasteiger charge is -2.24. The SMILES string of the molecule is COCC(C)N(C)Cc1cc(C#N)ccc1F.